The van der Waals surface area contributed by atoms with Crippen LogP contribution in [0.25, 0.3) is 17.5 Å². The van der Waals surface area contributed by atoms with Crippen LogP contribution in [0.3, 0.4) is 0 Å². The second kappa shape index (κ2) is 21.4. The molecule has 18 heteroatoms. The summed E-state index contributed by atoms with van der Waals surface area (Å²) < 4.78 is 37.6. The number of aliphatic hydroxyl groups excluding tert-OH is 1. The van der Waals surface area contributed by atoms with Crippen molar-refractivity contribution in [3.05, 3.63) is 54.4 Å². The third kappa shape index (κ3) is 11.8. The summed E-state index contributed by atoms with van der Waals surface area (Å²) in [5.41, 5.74) is -1.52. The lowest BCUT2D eigenvalue weighted by Gasteiger charge is -2.48. The van der Waals surface area contributed by atoms with E-state index >= 15 is 0 Å². The van der Waals surface area contributed by atoms with Crippen LogP contribution in [0.15, 0.2) is 48.8 Å². The Morgan fingerprint density at radius 3 is 2.28 bits per heavy atom. The van der Waals surface area contributed by atoms with E-state index in [0.717, 1.165) is 11.1 Å². The Hall–Kier alpha value is -5.17. The van der Waals surface area contributed by atoms with Crippen molar-refractivity contribution in [3.8, 4) is 11.4 Å². The highest BCUT2D eigenvalue weighted by molar-refractivity contribution is 5.85. The predicted molar refractivity (Wildman–Crippen MR) is 239 cm³/mol. The summed E-state index contributed by atoms with van der Waals surface area (Å²) >= 11 is 0. The first-order chi connectivity index (χ1) is 30.6. The molecular weight excluding hydrogens is 841 g/mol. The minimum absolute atomic E-state index is 0.0437. The van der Waals surface area contributed by atoms with Crippen LogP contribution in [-0.4, -0.2) is 150 Å². The number of likely N-dealkylation sites (N-methyl/N-ethyl adjacent to an activating group) is 1. The van der Waals surface area contributed by atoms with Crippen LogP contribution in [0.2, 0.25) is 0 Å². The molecule has 0 unspecified atom stereocenters. The Morgan fingerprint density at radius 1 is 1.00 bits per heavy atom. The molecule has 0 saturated carbocycles. The standard InChI is InChI=1S/C47H68N6O12/c1-13-34-47(8)38(51-44(58)65-47)28(4)35(54)26(2)25-46(7,64-43(57)50-21-14-16-31-17-19-32(20-18-31)40-48-22-15-23-49-40)39(63-42-36(55)33(52(9)10)24-27(3)60-42)29(5)37(30(6)41(56)61-34)62-45(59)53(11)12/h14-20,22-23,26-30,33-34,36-39,42,55H,13,21,24-25H2,1-12H3,(H,50,57)(H,51,58)/b16-14+/t26-,27-,28+,29+,30-,33+,34-,36-,37+,38-,39-,42+,46-,47-/m1/s1. The SMILES string of the molecule is CC[C@H]1OC(=O)[C@H](C)[C@@H](OC(=O)N(C)C)[C@H](C)[C@@H](O[C@@H]2O[C@H](C)C[C@H](N(C)C)[C@H]2O)[C@](C)(OC(=O)NC/C=C/c2ccc(-c3ncccn3)cc2)C[C@@H](C)C(=O)[C@H](C)[C@H]2NC(=O)O[C@@]21C. The van der Waals surface area contributed by atoms with Gasteiger partial charge in [0.15, 0.2) is 17.7 Å². The number of aromatic nitrogens is 2. The smallest absolute Gasteiger partial charge is 0.409 e. The van der Waals surface area contributed by atoms with Crippen LogP contribution >= 0.6 is 0 Å². The molecule has 3 amide bonds. The number of amides is 3. The van der Waals surface area contributed by atoms with E-state index in [9.17, 15) is 29.1 Å². The normalized spacial score (nSPS) is 34.7. The molecule has 0 bridgehead atoms. The van der Waals surface area contributed by atoms with Crippen molar-refractivity contribution in [2.75, 3.05) is 34.7 Å². The van der Waals surface area contributed by atoms with Gasteiger partial charge in [0.25, 0.3) is 0 Å². The summed E-state index contributed by atoms with van der Waals surface area (Å²) in [6.07, 6.45) is -1.45. The van der Waals surface area contributed by atoms with Crippen LogP contribution in [0, 0.1) is 23.7 Å². The largest absolute Gasteiger partial charge is 0.458 e. The number of benzene rings is 1. The first-order valence-corrected chi connectivity index (χ1v) is 22.4. The van der Waals surface area contributed by atoms with Crippen molar-refractivity contribution in [2.24, 2.45) is 23.7 Å². The van der Waals surface area contributed by atoms with E-state index in [4.69, 9.17) is 28.4 Å². The number of aliphatic hydroxyl groups is 1. The lowest BCUT2D eigenvalue weighted by atomic mass is 9.73. The predicted octanol–water partition coefficient (Wildman–Crippen LogP) is 5.23. The fraction of sp³-hybridized carbons (Fsp3) is 0.638. The lowest BCUT2D eigenvalue weighted by Crippen LogP contribution is -2.61. The van der Waals surface area contributed by atoms with E-state index in [1.165, 1.54) is 19.0 Å². The third-order valence-electron chi connectivity index (χ3n) is 13.0. The number of alkyl carbamates (subject to hydrolysis) is 2. The van der Waals surface area contributed by atoms with Crippen LogP contribution in [-0.2, 0) is 38.0 Å². The van der Waals surface area contributed by atoms with E-state index in [1.807, 2.05) is 56.3 Å². The molecule has 14 atom stereocenters. The Labute approximate surface area is 382 Å². The monoisotopic (exact) mass is 908 g/mol. The van der Waals surface area contributed by atoms with Gasteiger partial charge < -0.3 is 54.0 Å². The molecule has 3 aliphatic heterocycles. The van der Waals surface area contributed by atoms with Gasteiger partial charge in [0.1, 0.15) is 35.8 Å². The number of ether oxygens (including phenoxy) is 6. The second-order valence-electron chi connectivity index (χ2n) is 18.5. The van der Waals surface area contributed by atoms with Gasteiger partial charge >= 0.3 is 24.2 Å². The summed E-state index contributed by atoms with van der Waals surface area (Å²) in [5, 5.41) is 17.3. The number of carbonyl (C=O) groups is 5. The number of carbonyl (C=O) groups excluding carboxylic acids is 5. The van der Waals surface area contributed by atoms with Gasteiger partial charge in [-0.1, -0.05) is 64.1 Å². The molecule has 2 aromatic rings. The fourth-order valence-electron chi connectivity index (χ4n) is 9.43. The number of fused-ring (bicyclic) bond motifs is 1. The Bertz CT molecular complexity index is 2000. The highest BCUT2D eigenvalue weighted by Gasteiger charge is 2.58. The molecular formula is C47H68N6O12. The zero-order valence-electron chi connectivity index (χ0n) is 39.7. The van der Waals surface area contributed by atoms with Gasteiger partial charge in [-0.15, -0.1) is 0 Å². The summed E-state index contributed by atoms with van der Waals surface area (Å²) in [4.78, 5) is 81.2. The first-order valence-electron chi connectivity index (χ1n) is 22.4. The maximum absolute atomic E-state index is 14.6. The van der Waals surface area contributed by atoms with Crippen molar-refractivity contribution in [2.45, 2.75) is 135 Å². The van der Waals surface area contributed by atoms with Crippen LogP contribution in [0.4, 0.5) is 14.4 Å². The number of nitrogens with one attached hydrogen (secondary N) is 2. The number of hydrogen-bond donors (Lipinski definition) is 3. The zero-order valence-corrected chi connectivity index (χ0v) is 39.7. The summed E-state index contributed by atoms with van der Waals surface area (Å²) in [7, 11) is 6.65. The molecule has 0 aliphatic carbocycles. The molecule has 3 saturated heterocycles. The topological polar surface area (TPSA) is 217 Å². The fourth-order valence-corrected chi connectivity index (χ4v) is 9.43. The number of hydrogen-bond acceptors (Lipinski definition) is 15. The Balaban J connectivity index is 1.56. The molecule has 5 rings (SSSR count). The quantitative estimate of drug-likeness (QED) is 0.206. The molecule has 0 spiro atoms. The van der Waals surface area contributed by atoms with Crippen LogP contribution < -0.4 is 10.6 Å². The molecule has 1 aromatic carbocycles. The van der Waals surface area contributed by atoms with Gasteiger partial charge in [-0.25, -0.2) is 24.4 Å². The maximum atomic E-state index is 14.6. The average Bonchev–Trinajstić information content (AvgIpc) is 3.58. The van der Waals surface area contributed by atoms with E-state index in [1.54, 1.807) is 73.0 Å². The molecule has 3 aliphatic rings. The number of nitrogens with zero attached hydrogens (tertiary/aromatic N) is 4. The molecule has 18 nitrogen and oxygen atoms in total. The minimum atomic E-state index is -1.75. The van der Waals surface area contributed by atoms with Crippen molar-refractivity contribution in [3.63, 3.8) is 0 Å². The number of Topliss-reactive ketones (excluding diaryl/α,β-unsaturated/α-hetero) is 1. The van der Waals surface area contributed by atoms with Crippen molar-refractivity contribution < 1.29 is 57.5 Å². The average molecular weight is 909 g/mol. The van der Waals surface area contributed by atoms with Gasteiger partial charge in [-0.3, -0.25) is 9.59 Å². The molecule has 1 aromatic heterocycles. The molecule has 65 heavy (non-hydrogen) atoms. The summed E-state index contributed by atoms with van der Waals surface area (Å²) in [6.45, 7) is 13.5. The highest BCUT2D eigenvalue weighted by Crippen LogP contribution is 2.42. The van der Waals surface area contributed by atoms with Crippen molar-refractivity contribution >= 4 is 36.1 Å². The van der Waals surface area contributed by atoms with Crippen molar-refractivity contribution in [1.29, 1.82) is 0 Å². The zero-order chi connectivity index (χ0) is 48.0. The summed E-state index contributed by atoms with van der Waals surface area (Å²) in [5.74, 6) is -4.41. The second-order valence-corrected chi connectivity index (χ2v) is 18.5. The Morgan fingerprint density at radius 2 is 1.66 bits per heavy atom. The third-order valence-corrected chi connectivity index (χ3v) is 13.0. The molecule has 4 heterocycles. The molecule has 358 valence electrons. The molecule has 3 fully saturated rings. The highest BCUT2D eigenvalue weighted by atomic mass is 16.7. The van der Waals surface area contributed by atoms with E-state index in [0.29, 0.717) is 12.2 Å². The Kier molecular flexibility index (Phi) is 16.8. The van der Waals surface area contributed by atoms with Gasteiger partial charge in [0.2, 0.25) is 0 Å². The van der Waals surface area contributed by atoms with E-state index in [-0.39, 0.29) is 31.3 Å². The number of rotatable bonds is 10. The van der Waals surface area contributed by atoms with E-state index in [2.05, 4.69) is 20.6 Å². The first kappa shape index (κ1) is 50.8. The van der Waals surface area contributed by atoms with Gasteiger partial charge in [0, 0.05) is 62.4 Å². The number of ketones is 1. The van der Waals surface area contributed by atoms with Gasteiger partial charge in [0.05, 0.1) is 18.1 Å². The maximum Gasteiger partial charge on any atom is 0.409 e. The molecule has 3 N–H and O–H groups in total. The van der Waals surface area contributed by atoms with E-state index < -0.39 is 102 Å². The molecule has 0 radical (unpaired) electrons. The number of cyclic esters (lactones) is 1. The van der Waals surface area contributed by atoms with Crippen molar-refractivity contribution in [1.82, 2.24) is 30.4 Å². The van der Waals surface area contributed by atoms with Gasteiger partial charge in [-0.2, -0.15) is 0 Å². The lowest BCUT2D eigenvalue weighted by molar-refractivity contribution is -0.298. The van der Waals surface area contributed by atoms with Gasteiger partial charge in [-0.05, 0) is 72.7 Å². The minimum Gasteiger partial charge on any atom is -0.458 e. The summed E-state index contributed by atoms with van der Waals surface area (Å²) in [6, 6.07) is 8.00. The number of esters is 1. The van der Waals surface area contributed by atoms with Crippen LogP contribution in [0.1, 0.15) is 80.2 Å². The van der Waals surface area contributed by atoms with Crippen LogP contribution in [0.5, 0.6) is 0 Å².